The molecule has 116 valence electrons. The van der Waals surface area contributed by atoms with E-state index in [9.17, 15) is 9.59 Å². The van der Waals surface area contributed by atoms with Crippen molar-refractivity contribution in [3.63, 3.8) is 0 Å². The summed E-state index contributed by atoms with van der Waals surface area (Å²) in [6.07, 6.45) is 2.25. The molecule has 5 heteroatoms. The highest BCUT2D eigenvalue weighted by Crippen LogP contribution is 2.20. The highest BCUT2D eigenvalue weighted by molar-refractivity contribution is 5.79. The fourth-order valence-electron chi connectivity index (χ4n) is 2.87. The number of ether oxygens (including phenoxy) is 1. The zero-order valence-electron chi connectivity index (χ0n) is 13.1. The van der Waals surface area contributed by atoms with Gasteiger partial charge >= 0.3 is 6.09 Å². The second-order valence-corrected chi connectivity index (χ2v) is 5.66. The number of likely N-dealkylation sites (tertiary alicyclic amines) is 1. The molecule has 2 atom stereocenters. The van der Waals surface area contributed by atoms with Gasteiger partial charge in [-0.15, -0.1) is 0 Å². The van der Waals surface area contributed by atoms with Crippen molar-refractivity contribution in [2.45, 2.75) is 53.0 Å². The maximum absolute atomic E-state index is 12.4. The van der Waals surface area contributed by atoms with E-state index in [4.69, 9.17) is 4.74 Å². The predicted octanol–water partition coefficient (Wildman–Crippen LogP) is 2.41. The average molecular weight is 284 g/mol. The molecule has 20 heavy (non-hydrogen) atoms. The van der Waals surface area contributed by atoms with E-state index >= 15 is 0 Å². The number of piperidine rings is 1. The van der Waals surface area contributed by atoms with Crippen molar-refractivity contribution < 1.29 is 14.3 Å². The van der Waals surface area contributed by atoms with E-state index in [2.05, 4.69) is 12.2 Å². The lowest BCUT2D eigenvalue weighted by molar-refractivity contribution is -0.138. The maximum atomic E-state index is 12.4. The van der Waals surface area contributed by atoms with Gasteiger partial charge in [0, 0.05) is 19.0 Å². The number of rotatable bonds is 5. The first-order valence-electron chi connectivity index (χ1n) is 7.73. The molecule has 0 spiro atoms. The number of alkyl carbamates (subject to hydrolysis) is 1. The topological polar surface area (TPSA) is 58.6 Å². The van der Waals surface area contributed by atoms with Crippen molar-refractivity contribution in [3.8, 4) is 0 Å². The Labute approximate surface area is 122 Å². The Hall–Kier alpha value is -1.26. The lowest BCUT2D eigenvalue weighted by Gasteiger charge is -2.38. The van der Waals surface area contributed by atoms with Gasteiger partial charge in [0.15, 0.2) is 0 Å². The van der Waals surface area contributed by atoms with Crippen molar-refractivity contribution >= 4 is 12.0 Å². The highest BCUT2D eigenvalue weighted by atomic mass is 16.5. The summed E-state index contributed by atoms with van der Waals surface area (Å²) in [6, 6.07) is -0.00360. The van der Waals surface area contributed by atoms with Crippen LogP contribution >= 0.6 is 0 Å². The molecule has 1 aliphatic rings. The fraction of sp³-hybridized carbons (Fsp3) is 0.867. The number of amides is 2. The molecule has 1 rings (SSSR count). The zero-order chi connectivity index (χ0) is 15.1. The van der Waals surface area contributed by atoms with Crippen molar-refractivity contribution in [3.05, 3.63) is 0 Å². The summed E-state index contributed by atoms with van der Waals surface area (Å²) in [5, 5.41) is 2.85. The smallest absolute Gasteiger partial charge is 0.407 e. The van der Waals surface area contributed by atoms with Gasteiger partial charge in [-0.1, -0.05) is 20.8 Å². The molecule has 2 amide bonds. The number of carbonyl (C=O) groups excluding carboxylic acids is 2. The monoisotopic (exact) mass is 284 g/mol. The Balaban J connectivity index is 2.61. The van der Waals surface area contributed by atoms with Crippen LogP contribution in [0.4, 0.5) is 4.79 Å². The minimum Gasteiger partial charge on any atom is -0.450 e. The van der Waals surface area contributed by atoms with Crippen LogP contribution in [0.1, 0.15) is 47.0 Å². The standard InChI is InChI=1S/C15H28N2O3/c1-5-12(6-2)14(18)17-9-11(4)8-13(10-17)16-15(19)20-7-3/h11-13H,5-10H2,1-4H3,(H,16,19). The number of nitrogens with one attached hydrogen (secondary N) is 1. The SMILES string of the molecule is CCOC(=O)NC1CC(C)CN(C(=O)C(CC)CC)C1. The number of hydrogen-bond donors (Lipinski definition) is 1. The predicted molar refractivity (Wildman–Crippen MR) is 78.4 cm³/mol. The Kier molecular flexibility index (Phi) is 6.82. The Morgan fingerprint density at radius 2 is 1.90 bits per heavy atom. The van der Waals surface area contributed by atoms with Crippen LogP contribution in [0.2, 0.25) is 0 Å². The summed E-state index contributed by atoms with van der Waals surface area (Å²) in [5.41, 5.74) is 0. The van der Waals surface area contributed by atoms with E-state index in [0.717, 1.165) is 25.8 Å². The third kappa shape index (κ3) is 4.69. The van der Waals surface area contributed by atoms with E-state index in [1.54, 1.807) is 6.92 Å². The molecule has 1 heterocycles. The van der Waals surface area contributed by atoms with Gasteiger partial charge in [0.1, 0.15) is 0 Å². The van der Waals surface area contributed by atoms with Gasteiger partial charge < -0.3 is 15.0 Å². The summed E-state index contributed by atoms with van der Waals surface area (Å²) in [6.45, 7) is 9.75. The maximum Gasteiger partial charge on any atom is 0.407 e. The van der Waals surface area contributed by atoms with E-state index < -0.39 is 0 Å². The lowest BCUT2D eigenvalue weighted by atomic mass is 9.93. The zero-order valence-corrected chi connectivity index (χ0v) is 13.1. The van der Waals surface area contributed by atoms with Crippen LogP contribution in [0.15, 0.2) is 0 Å². The molecule has 1 N–H and O–H groups in total. The largest absolute Gasteiger partial charge is 0.450 e. The average Bonchev–Trinajstić information content (AvgIpc) is 2.39. The third-order valence-electron chi connectivity index (χ3n) is 3.90. The lowest BCUT2D eigenvalue weighted by Crippen LogP contribution is -2.53. The molecule has 1 saturated heterocycles. The van der Waals surface area contributed by atoms with Crippen LogP contribution in [-0.2, 0) is 9.53 Å². The van der Waals surface area contributed by atoms with Crippen LogP contribution in [0, 0.1) is 11.8 Å². The summed E-state index contributed by atoms with van der Waals surface area (Å²) in [4.78, 5) is 25.9. The third-order valence-corrected chi connectivity index (χ3v) is 3.90. The molecule has 0 radical (unpaired) electrons. The molecule has 2 unspecified atom stereocenters. The van der Waals surface area contributed by atoms with Crippen LogP contribution in [0.25, 0.3) is 0 Å². The normalized spacial score (nSPS) is 22.8. The van der Waals surface area contributed by atoms with Crippen LogP contribution in [0.3, 0.4) is 0 Å². The Bertz CT molecular complexity index is 329. The van der Waals surface area contributed by atoms with E-state index in [0.29, 0.717) is 19.1 Å². The molecule has 1 fully saturated rings. The molecule has 0 bridgehead atoms. The van der Waals surface area contributed by atoms with Crippen LogP contribution in [-0.4, -0.2) is 42.6 Å². The van der Waals surface area contributed by atoms with Gasteiger partial charge in [-0.3, -0.25) is 4.79 Å². The minimum atomic E-state index is -0.387. The molecular weight excluding hydrogens is 256 g/mol. The molecule has 0 saturated carbocycles. The first-order chi connectivity index (χ1) is 9.51. The molecule has 0 aromatic heterocycles. The number of carbonyl (C=O) groups is 2. The van der Waals surface area contributed by atoms with Crippen molar-refractivity contribution in [2.24, 2.45) is 11.8 Å². The molecule has 5 nitrogen and oxygen atoms in total. The Morgan fingerprint density at radius 3 is 2.45 bits per heavy atom. The summed E-state index contributed by atoms with van der Waals surface area (Å²) in [7, 11) is 0. The van der Waals surface area contributed by atoms with Gasteiger partial charge in [0.25, 0.3) is 0 Å². The first kappa shape index (κ1) is 16.8. The minimum absolute atomic E-state index is 0.00360. The van der Waals surface area contributed by atoms with E-state index in [1.165, 1.54) is 0 Å². The van der Waals surface area contributed by atoms with Gasteiger partial charge in [0.2, 0.25) is 5.91 Å². The van der Waals surface area contributed by atoms with Crippen molar-refractivity contribution in [1.29, 1.82) is 0 Å². The molecule has 0 aromatic rings. The van der Waals surface area contributed by atoms with Crippen molar-refractivity contribution in [2.75, 3.05) is 19.7 Å². The summed E-state index contributed by atoms with van der Waals surface area (Å²) in [5.74, 6) is 0.717. The number of hydrogen-bond acceptors (Lipinski definition) is 3. The quantitative estimate of drug-likeness (QED) is 0.843. The second-order valence-electron chi connectivity index (χ2n) is 5.66. The molecule has 0 aliphatic carbocycles. The van der Waals surface area contributed by atoms with Gasteiger partial charge in [-0.05, 0) is 32.1 Å². The molecular formula is C15H28N2O3. The van der Waals surface area contributed by atoms with Crippen molar-refractivity contribution in [1.82, 2.24) is 10.2 Å². The van der Waals surface area contributed by atoms with Gasteiger partial charge in [-0.2, -0.15) is 0 Å². The van der Waals surface area contributed by atoms with E-state index in [-0.39, 0.29) is 24.0 Å². The summed E-state index contributed by atoms with van der Waals surface area (Å²) < 4.78 is 4.91. The number of nitrogens with zero attached hydrogens (tertiary/aromatic N) is 1. The summed E-state index contributed by atoms with van der Waals surface area (Å²) >= 11 is 0. The Morgan fingerprint density at radius 1 is 1.25 bits per heavy atom. The molecule has 0 aromatic carbocycles. The van der Waals surface area contributed by atoms with Crippen LogP contribution in [0.5, 0.6) is 0 Å². The molecule has 1 aliphatic heterocycles. The first-order valence-corrected chi connectivity index (χ1v) is 7.73. The van der Waals surface area contributed by atoms with Crippen LogP contribution < -0.4 is 5.32 Å². The van der Waals surface area contributed by atoms with E-state index in [1.807, 2.05) is 18.7 Å². The van der Waals surface area contributed by atoms with Gasteiger partial charge in [-0.25, -0.2) is 4.79 Å². The highest BCUT2D eigenvalue weighted by Gasteiger charge is 2.31. The second kappa shape index (κ2) is 8.12. The fourth-order valence-corrected chi connectivity index (χ4v) is 2.87. The van der Waals surface area contributed by atoms with Gasteiger partial charge in [0.05, 0.1) is 12.6 Å².